The van der Waals surface area contributed by atoms with E-state index in [2.05, 4.69) is 0 Å². The van der Waals surface area contributed by atoms with Crippen molar-refractivity contribution in [3.8, 4) is 0 Å². The Kier molecular flexibility index (Phi) is 2.24. The number of hydrogen-bond donors (Lipinski definition) is 1. The molecule has 15 heavy (non-hydrogen) atoms. The van der Waals surface area contributed by atoms with Crippen molar-refractivity contribution in [1.29, 1.82) is 0 Å². The van der Waals surface area contributed by atoms with Crippen LogP contribution in [0.1, 0.15) is 33.1 Å². The summed E-state index contributed by atoms with van der Waals surface area (Å²) in [6, 6.07) is 0. The number of carbonyl (C=O) groups is 2. The molecule has 1 saturated carbocycles. The number of hydrogen-bond acceptors (Lipinski definition) is 3. The molecule has 4 heteroatoms. The molecule has 1 N–H and O–H groups in total. The minimum absolute atomic E-state index is 0.265. The maximum Gasteiger partial charge on any atom is 0.310 e. The minimum atomic E-state index is -0.865. The first-order valence-electron chi connectivity index (χ1n) is 5.42. The molecule has 1 aliphatic carbocycles. The van der Waals surface area contributed by atoms with E-state index in [1.807, 2.05) is 13.8 Å². The van der Waals surface area contributed by atoms with Gasteiger partial charge in [0.1, 0.15) is 5.60 Å². The van der Waals surface area contributed by atoms with Gasteiger partial charge in [0.15, 0.2) is 0 Å². The fourth-order valence-electron chi connectivity index (χ4n) is 2.77. The van der Waals surface area contributed by atoms with Crippen LogP contribution < -0.4 is 0 Å². The number of carboxylic acids is 1. The Labute approximate surface area is 88.6 Å². The SMILES string of the molecule is CC(C)[C@@]12CCC(C(=O)O)[C@H](C1)C(=O)O2. The third-order valence-electron chi connectivity index (χ3n) is 3.91. The van der Waals surface area contributed by atoms with E-state index >= 15 is 0 Å². The normalized spacial score (nSPS) is 39.3. The summed E-state index contributed by atoms with van der Waals surface area (Å²) in [7, 11) is 0. The lowest BCUT2D eigenvalue weighted by atomic mass is 9.70. The minimum Gasteiger partial charge on any atom is -0.481 e. The molecule has 0 amide bonds. The fourth-order valence-corrected chi connectivity index (χ4v) is 2.77. The first-order chi connectivity index (χ1) is 6.96. The lowest BCUT2D eigenvalue weighted by molar-refractivity contribution is -0.154. The molecule has 2 fully saturated rings. The van der Waals surface area contributed by atoms with E-state index in [0.29, 0.717) is 19.3 Å². The van der Waals surface area contributed by atoms with Crippen molar-refractivity contribution >= 4 is 11.9 Å². The van der Waals surface area contributed by atoms with E-state index in [1.54, 1.807) is 0 Å². The molecule has 4 nitrogen and oxygen atoms in total. The average molecular weight is 212 g/mol. The van der Waals surface area contributed by atoms with Crippen molar-refractivity contribution in [1.82, 2.24) is 0 Å². The van der Waals surface area contributed by atoms with Crippen molar-refractivity contribution in [2.75, 3.05) is 0 Å². The first kappa shape index (κ1) is 10.5. The lowest BCUT2D eigenvalue weighted by Gasteiger charge is -2.35. The summed E-state index contributed by atoms with van der Waals surface area (Å²) in [6.45, 7) is 4.05. The van der Waals surface area contributed by atoms with Gasteiger partial charge < -0.3 is 9.84 Å². The van der Waals surface area contributed by atoms with Gasteiger partial charge in [0.2, 0.25) is 0 Å². The van der Waals surface area contributed by atoms with Crippen molar-refractivity contribution in [3.05, 3.63) is 0 Å². The number of ether oxygens (including phenoxy) is 1. The maximum atomic E-state index is 11.6. The standard InChI is InChI=1S/C11H16O4/c1-6(2)11-4-3-7(9(12)13)8(5-11)10(14)15-11/h6-8H,3-5H2,1-2H3,(H,12,13)/t7?,8-,11+/m0/s1. The molecule has 0 aromatic carbocycles. The zero-order valence-corrected chi connectivity index (χ0v) is 9.03. The fraction of sp³-hybridized carbons (Fsp3) is 0.818. The number of carboxylic acid groups (broad SMARTS) is 1. The van der Waals surface area contributed by atoms with Crippen LogP contribution in [0.2, 0.25) is 0 Å². The number of aliphatic carboxylic acids is 1. The van der Waals surface area contributed by atoms with E-state index in [-0.39, 0.29) is 17.5 Å². The number of fused-ring (bicyclic) bond motifs is 2. The third-order valence-corrected chi connectivity index (χ3v) is 3.91. The monoisotopic (exact) mass is 212 g/mol. The molecule has 84 valence electrons. The average Bonchev–Trinajstić information content (AvgIpc) is 2.40. The highest BCUT2D eigenvalue weighted by Gasteiger charge is 2.56. The van der Waals surface area contributed by atoms with Crippen LogP contribution in [-0.4, -0.2) is 22.6 Å². The Morgan fingerprint density at radius 2 is 2.27 bits per heavy atom. The largest absolute Gasteiger partial charge is 0.481 e. The zero-order valence-electron chi connectivity index (χ0n) is 9.03. The van der Waals surface area contributed by atoms with Crippen LogP contribution in [0.25, 0.3) is 0 Å². The molecule has 1 saturated heterocycles. The molecule has 0 spiro atoms. The second-order valence-corrected chi connectivity index (χ2v) is 4.93. The number of esters is 1. The van der Waals surface area contributed by atoms with Crippen LogP contribution in [-0.2, 0) is 14.3 Å². The third kappa shape index (κ3) is 1.43. The molecule has 0 radical (unpaired) electrons. The van der Waals surface area contributed by atoms with E-state index in [4.69, 9.17) is 9.84 Å². The Bertz CT molecular complexity index is 310. The second kappa shape index (κ2) is 3.22. The summed E-state index contributed by atoms with van der Waals surface area (Å²) in [6.07, 6.45) is 1.83. The van der Waals surface area contributed by atoms with Gasteiger partial charge in [0, 0.05) is 6.42 Å². The van der Waals surface area contributed by atoms with Crippen LogP contribution >= 0.6 is 0 Å². The first-order valence-corrected chi connectivity index (χ1v) is 5.42. The van der Waals surface area contributed by atoms with E-state index < -0.39 is 17.8 Å². The van der Waals surface area contributed by atoms with E-state index in [1.165, 1.54) is 0 Å². The molecule has 1 aliphatic heterocycles. The van der Waals surface area contributed by atoms with Crippen molar-refractivity contribution < 1.29 is 19.4 Å². The van der Waals surface area contributed by atoms with Crippen LogP contribution in [0.15, 0.2) is 0 Å². The predicted octanol–water partition coefficient (Wildman–Crippen LogP) is 1.44. The van der Waals surface area contributed by atoms with Crippen molar-refractivity contribution in [2.24, 2.45) is 17.8 Å². The van der Waals surface area contributed by atoms with Crippen LogP contribution in [0, 0.1) is 17.8 Å². The second-order valence-electron chi connectivity index (χ2n) is 4.93. The predicted molar refractivity (Wildman–Crippen MR) is 52.1 cm³/mol. The summed E-state index contributed by atoms with van der Waals surface area (Å²) in [5, 5.41) is 8.99. The number of rotatable bonds is 2. The Morgan fingerprint density at radius 1 is 1.60 bits per heavy atom. The molecule has 2 bridgehead atoms. The van der Waals surface area contributed by atoms with Gasteiger partial charge in [-0.25, -0.2) is 0 Å². The molecule has 0 aromatic rings. The zero-order chi connectivity index (χ0) is 11.2. The molecule has 3 atom stereocenters. The maximum absolute atomic E-state index is 11.6. The topological polar surface area (TPSA) is 63.6 Å². The molecule has 2 rings (SSSR count). The number of carbonyl (C=O) groups excluding carboxylic acids is 1. The smallest absolute Gasteiger partial charge is 0.310 e. The molecule has 1 heterocycles. The van der Waals surface area contributed by atoms with Crippen molar-refractivity contribution in [2.45, 2.75) is 38.7 Å². The van der Waals surface area contributed by atoms with Gasteiger partial charge in [0.25, 0.3) is 0 Å². The van der Waals surface area contributed by atoms with E-state index in [9.17, 15) is 9.59 Å². The van der Waals surface area contributed by atoms with Gasteiger partial charge >= 0.3 is 11.9 Å². The molecule has 1 unspecified atom stereocenters. The quantitative estimate of drug-likeness (QED) is 0.703. The Morgan fingerprint density at radius 3 is 2.80 bits per heavy atom. The van der Waals surface area contributed by atoms with Gasteiger partial charge in [-0.1, -0.05) is 13.8 Å². The van der Waals surface area contributed by atoms with Crippen LogP contribution in [0.4, 0.5) is 0 Å². The summed E-state index contributed by atoms with van der Waals surface area (Å²) in [5.41, 5.74) is -0.381. The summed E-state index contributed by atoms with van der Waals surface area (Å²) in [5.74, 6) is -1.86. The summed E-state index contributed by atoms with van der Waals surface area (Å²) >= 11 is 0. The summed E-state index contributed by atoms with van der Waals surface area (Å²) < 4.78 is 5.41. The Hall–Kier alpha value is -1.06. The lowest BCUT2D eigenvalue weighted by Crippen LogP contribution is -2.39. The van der Waals surface area contributed by atoms with Crippen LogP contribution in [0.5, 0.6) is 0 Å². The Balaban J connectivity index is 2.24. The highest BCUT2D eigenvalue weighted by molar-refractivity contribution is 5.83. The van der Waals surface area contributed by atoms with Crippen molar-refractivity contribution in [3.63, 3.8) is 0 Å². The van der Waals surface area contributed by atoms with E-state index in [0.717, 1.165) is 0 Å². The van der Waals surface area contributed by atoms with Gasteiger partial charge in [0.05, 0.1) is 11.8 Å². The highest BCUT2D eigenvalue weighted by atomic mass is 16.6. The molecule has 2 aliphatic rings. The summed E-state index contributed by atoms with van der Waals surface area (Å²) in [4.78, 5) is 22.5. The van der Waals surface area contributed by atoms with Crippen LogP contribution in [0.3, 0.4) is 0 Å². The highest BCUT2D eigenvalue weighted by Crippen LogP contribution is 2.49. The van der Waals surface area contributed by atoms with Gasteiger partial charge in [-0.05, 0) is 18.8 Å². The molecular weight excluding hydrogens is 196 g/mol. The molecular formula is C11H16O4. The van der Waals surface area contributed by atoms with Gasteiger partial charge in [-0.15, -0.1) is 0 Å². The molecule has 0 aromatic heterocycles. The van der Waals surface area contributed by atoms with Gasteiger partial charge in [-0.3, -0.25) is 9.59 Å². The van der Waals surface area contributed by atoms with Gasteiger partial charge in [-0.2, -0.15) is 0 Å².